The van der Waals surface area contributed by atoms with Gasteiger partial charge in [-0.1, -0.05) is 49.6 Å². The lowest BCUT2D eigenvalue weighted by Crippen LogP contribution is -2.46. The first-order valence-electron chi connectivity index (χ1n) is 11.0. The molecule has 1 aliphatic heterocycles. The van der Waals surface area contributed by atoms with Crippen LogP contribution in [0.15, 0.2) is 42.5 Å². The van der Waals surface area contributed by atoms with Crippen molar-refractivity contribution in [3.05, 3.63) is 59.2 Å². The summed E-state index contributed by atoms with van der Waals surface area (Å²) in [5, 5.41) is 3.28. The summed E-state index contributed by atoms with van der Waals surface area (Å²) in [6, 6.07) is 15.0. The minimum absolute atomic E-state index is 0.0202. The van der Waals surface area contributed by atoms with Gasteiger partial charge in [-0.25, -0.2) is 0 Å². The highest BCUT2D eigenvalue weighted by Crippen LogP contribution is 2.40. The number of carbonyl (C=O) groups is 1. The molecular formula is C25H32N2O3. The third-order valence-electron chi connectivity index (χ3n) is 6.41. The van der Waals surface area contributed by atoms with Crippen LogP contribution in [-0.4, -0.2) is 44.2 Å². The molecule has 30 heavy (non-hydrogen) atoms. The van der Waals surface area contributed by atoms with Crippen LogP contribution in [0.2, 0.25) is 0 Å². The molecule has 0 bridgehead atoms. The lowest BCUT2D eigenvalue weighted by molar-refractivity contribution is -0.123. The average molecular weight is 409 g/mol. The first-order chi connectivity index (χ1) is 14.7. The van der Waals surface area contributed by atoms with Crippen LogP contribution in [0.3, 0.4) is 0 Å². The summed E-state index contributed by atoms with van der Waals surface area (Å²) >= 11 is 0. The zero-order chi connectivity index (χ0) is 20.9. The smallest absolute Gasteiger partial charge is 0.234 e. The van der Waals surface area contributed by atoms with E-state index in [1.165, 1.54) is 36.0 Å². The Kier molecular flexibility index (Phi) is 6.58. The minimum Gasteiger partial charge on any atom is -0.493 e. The molecule has 5 nitrogen and oxygen atoms in total. The average Bonchev–Trinajstić information content (AvgIpc) is 2.79. The molecule has 1 heterocycles. The van der Waals surface area contributed by atoms with E-state index in [1.54, 1.807) is 14.2 Å². The molecule has 1 saturated carbocycles. The number of benzene rings is 2. The minimum atomic E-state index is 0.0202. The molecule has 160 valence electrons. The predicted octanol–water partition coefficient (Wildman–Crippen LogP) is 4.10. The number of amides is 1. The molecule has 0 spiro atoms. The number of rotatable bonds is 6. The third kappa shape index (κ3) is 4.46. The molecule has 0 aromatic heterocycles. The highest BCUT2D eigenvalue weighted by molar-refractivity contribution is 5.78. The van der Waals surface area contributed by atoms with E-state index in [0.717, 1.165) is 37.3 Å². The van der Waals surface area contributed by atoms with Crippen molar-refractivity contribution < 1.29 is 14.3 Å². The third-order valence-corrected chi connectivity index (χ3v) is 6.41. The zero-order valence-electron chi connectivity index (χ0n) is 18.0. The Morgan fingerprint density at radius 3 is 2.43 bits per heavy atom. The van der Waals surface area contributed by atoms with E-state index in [4.69, 9.17) is 9.47 Å². The number of hydrogen-bond donors (Lipinski definition) is 1. The second kappa shape index (κ2) is 9.52. The van der Waals surface area contributed by atoms with Crippen molar-refractivity contribution in [1.29, 1.82) is 0 Å². The number of nitrogens with zero attached hydrogens (tertiary/aromatic N) is 1. The summed E-state index contributed by atoms with van der Waals surface area (Å²) in [4.78, 5) is 15.2. The van der Waals surface area contributed by atoms with E-state index in [0.29, 0.717) is 12.6 Å². The molecule has 5 heteroatoms. The topological polar surface area (TPSA) is 50.8 Å². The molecule has 0 unspecified atom stereocenters. The lowest BCUT2D eigenvalue weighted by Gasteiger charge is -2.38. The fraction of sp³-hybridized carbons (Fsp3) is 0.480. The van der Waals surface area contributed by atoms with Gasteiger partial charge in [0.1, 0.15) is 0 Å². The second-order valence-electron chi connectivity index (χ2n) is 8.34. The summed E-state index contributed by atoms with van der Waals surface area (Å²) in [7, 11) is 3.34. The number of methoxy groups -OCH3 is 2. The Balaban J connectivity index is 1.61. The lowest BCUT2D eigenvalue weighted by atomic mass is 9.87. The maximum atomic E-state index is 12.9. The number of hydrogen-bond acceptors (Lipinski definition) is 4. The van der Waals surface area contributed by atoms with Crippen LogP contribution in [-0.2, 0) is 11.2 Å². The molecule has 1 fully saturated rings. The van der Waals surface area contributed by atoms with E-state index in [2.05, 4.69) is 46.6 Å². The molecule has 2 aromatic rings. The van der Waals surface area contributed by atoms with E-state index in [-0.39, 0.29) is 11.9 Å². The summed E-state index contributed by atoms with van der Waals surface area (Å²) in [6.45, 7) is 1.24. The molecule has 1 N–H and O–H groups in total. The van der Waals surface area contributed by atoms with Crippen LogP contribution in [0.1, 0.15) is 54.8 Å². The fourth-order valence-electron chi connectivity index (χ4n) is 4.90. The molecule has 4 rings (SSSR count). The van der Waals surface area contributed by atoms with Crippen LogP contribution in [0, 0.1) is 0 Å². The fourth-order valence-corrected chi connectivity index (χ4v) is 4.90. The van der Waals surface area contributed by atoms with Crippen LogP contribution in [0.25, 0.3) is 0 Å². The Labute approximate surface area is 179 Å². The molecule has 1 aliphatic carbocycles. The standard InChI is InChI=1S/C25H32N2O3/c1-29-22-15-19-13-14-27(17-24(28)26-20-11-7-4-8-12-20)25(18-9-5-3-6-10-18)21(19)16-23(22)30-2/h3,5-6,9-10,15-16,20,25H,4,7-8,11-14,17H2,1-2H3,(H,26,28)/t25-/m1/s1. The predicted molar refractivity (Wildman–Crippen MR) is 118 cm³/mol. The van der Waals surface area contributed by atoms with Crippen molar-refractivity contribution in [2.24, 2.45) is 0 Å². The highest BCUT2D eigenvalue weighted by atomic mass is 16.5. The van der Waals surface area contributed by atoms with Gasteiger partial charge in [-0.3, -0.25) is 9.69 Å². The molecule has 2 aromatic carbocycles. The number of carbonyl (C=O) groups excluding carboxylic acids is 1. The molecule has 0 radical (unpaired) electrons. The van der Waals surface area contributed by atoms with Gasteiger partial charge in [-0.15, -0.1) is 0 Å². The highest BCUT2D eigenvalue weighted by Gasteiger charge is 2.32. The quantitative estimate of drug-likeness (QED) is 0.782. The summed E-state index contributed by atoms with van der Waals surface area (Å²) in [5.74, 6) is 1.61. The SMILES string of the molecule is COc1cc2c(cc1OC)[C@@H](c1ccccc1)N(CC(=O)NC1CCCCC1)CC2. The van der Waals surface area contributed by atoms with Gasteiger partial charge in [0.2, 0.25) is 5.91 Å². The Bertz CT molecular complexity index is 862. The van der Waals surface area contributed by atoms with Crippen molar-refractivity contribution in [1.82, 2.24) is 10.2 Å². The summed E-state index contributed by atoms with van der Waals surface area (Å²) in [6.07, 6.45) is 6.82. The van der Waals surface area contributed by atoms with Crippen molar-refractivity contribution in [3.8, 4) is 11.5 Å². The van der Waals surface area contributed by atoms with Gasteiger partial charge in [0.05, 0.1) is 26.8 Å². The number of ether oxygens (including phenoxy) is 2. The van der Waals surface area contributed by atoms with Gasteiger partial charge in [0.15, 0.2) is 11.5 Å². The largest absolute Gasteiger partial charge is 0.493 e. The van der Waals surface area contributed by atoms with Crippen LogP contribution < -0.4 is 14.8 Å². The number of nitrogens with one attached hydrogen (secondary N) is 1. The molecule has 1 atom stereocenters. The van der Waals surface area contributed by atoms with Crippen LogP contribution >= 0.6 is 0 Å². The van der Waals surface area contributed by atoms with Gasteiger partial charge >= 0.3 is 0 Å². The van der Waals surface area contributed by atoms with E-state index < -0.39 is 0 Å². The van der Waals surface area contributed by atoms with Gasteiger partial charge < -0.3 is 14.8 Å². The van der Waals surface area contributed by atoms with Crippen molar-refractivity contribution in [2.75, 3.05) is 27.3 Å². The van der Waals surface area contributed by atoms with Crippen LogP contribution in [0.4, 0.5) is 0 Å². The normalized spacial score (nSPS) is 19.7. The van der Waals surface area contributed by atoms with E-state index >= 15 is 0 Å². The van der Waals surface area contributed by atoms with Crippen molar-refractivity contribution in [2.45, 2.75) is 50.6 Å². The summed E-state index contributed by atoms with van der Waals surface area (Å²) in [5.41, 5.74) is 3.64. The number of fused-ring (bicyclic) bond motifs is 1. The molecular weight excluding hydrogens is 376 g/mol. The van der Waals surface area contributed by atoms with Gasteiger partial charge in [-0.2, -0.15) is 0 Å². The monoisotopic (exact) mass is 408 g/mol. The molecule has 1 amide bonds. The van der Waals surface area contributed by atoms with Gasteiger partial charge in [-0.05, 0) is 48.1 Å². The van der Waals surface area contributed by atoms with E-state index in [1.807, 2.05) is 6.07 Å². The Morgan fingerprint density at radius 1 is 1.03 bits per heavy atom. The zero-order valence-corrected chi connectivity index (χ0v) is 18.0. The van der Waals surface area contributed by atoms with E-state index in [9.17, 15) is 4.79 Å². The first-order valence-corrected chi connectivity index (χ1v) is 11.0. The first kappa shape index (κ1) is 20.7. The van der Waals surface area contributed by atoms with Crippen molar-refractivity contribution in [3.63, 3.8) is 0 Å². The molecule has 2 aliphatic rings. The summed E-state index contributed by atoms with van der Waals surface area (Å²) < 4.78 is 11.1. The molecule has 0 saturated heterocycles. The Morgan fingerprint density at radius 2 is 1.73 bits per heavy atom. The Hall–Kier alpha value is -2.53. The van der Waals surface area contributed by atoms with Gasteiger partial charge in [0, 0.05) is 12.6 Å². The maximum Gasteiger partial charge on any atom is 0.234 e. The van der Waals surface area contributed by atoms with Crippen LogP contribution in [0.5, 0.6) is 11.5 Å². The van der Waals surface area contributed by atoms with Crippen molar-refractivity contribution >= 4 is 5.91 Å². The second-order valence-corrected chi connectivity index (χ2v) is 8.34. The van der Waals surface area contributed by atoms with Gasteiger partial charge in [0.25, 0.3) is 0 Å². The maximum absolute atomic E-state index is 12.9.